The van der Waals surface area contributed by atoms with E-state index < -0.39 is 5.41 Å². The summed E-state index contributed by atoms with van der Waals surface area (Å²) in [4.78, 5) is 17.1. The van der Waals surface area contributed by atoms with Crippen molar-refractivity contribution in [2.45, 2.75) is 13.8 Å². The van der Waals surface area contributed by atoms with Gasteiger partial charge in [-0.15, -0.1) is 28.0 Å². The van der Waals surface area contributed by atoms with Crippen molar-refractivity contribution in [2.24, 2.45) is 5.41 Å². The van der Waals surface area contributed by atoms with Gasteiger partial charge in [0.25, 0.3) is 0 Å². The van der Waals surface area contributed by atoms with E-state index in [4.69, 9.17) is 11.6 Å². The highest BCUT2D eigenvalue weighted by Crippen LogP contribution is 2.26. The quantitative estimate of drug-likeness (QED) is 0.726. The van der Waals surface area contributed by atoms with Gasteiger partial charge in [-0.05, 0) is 38.1 Å². The zero-order valence-corrected chi connectivity index (χ0v) is 14.1. The smallest absolute Gasteiger partial charge is 0.250 e. The molecule has 2 heterocycles. The number of hydrogen-bond donors (Lipinski definition) is 1. The number of rotatable bonds is 4. The molecule has 120 valence electrons. The summed E-state index contributed by atoms with van der Waals surface area (Å²) < 4.78 is 14.7. The van der Waals surface area contributed by atoms with Crippen LogP contribution in [0, 0.1) is 11.2 Å². The minimum Gasteiger partial charge on any atom is -0.293 e. The van der Waals surface area contributed by atoms with Crippen LogP contribution in [-0.4, -0.2) is 26.4 Å². The van der Waals surface area contributed by atoms with Crippen LogP contribution in [0.25, 0.3) is 16.2 Å². The van der Waals surface area contributed by atoms with Gasteiger partial charge in [0.05, 0.1) is 11.1 Å². The first kappa shape index (κ1) is 15.9. The fourth-order valence-corrected chi connectivity index (χ4v) is 2.84. The van der Waals surface area contributed by atoms with E-state index in [9.17, 15) is 9.18 Å². The van der Waals surface area contributed by atoms with E-state index >= 15 is 0 Å². The summed E-state index contributed by atoms with van der Waals surface area (Å²) >= 11 is 7.19. The maximum atomic E-state index is 13.0. The van der Waals surface area contributed by atoms with E-state index in [-0.39, 0.29) is 23.6 Å². The number of thiazole rings is 1. The predicted octanol–water partition coefficient (Wildman–Crippen LogP) is 3.80. The Kier molecular flexibility index (Phi) is 4.08. The van der Waals surface area contributed by atoms with Gasteiger partial charge in [0.2, 0.25) is 16.8 Å². The van der Waals surface area contributed by atoms with E-state index in [1.54, 1.807) is 30.5 Å². The van der Waals surface area contributed by atoms with Gasteiger partial charge in [-0.3, -0.25) is 10.1 Å². The first-order valence-electron chi connectivity index (χ1n) is 6.88. The van der Waals surface area contributed by atoms with E-state index in [1.807, 2.05) is 5.38 Å². The van der Waals surface area contributed by atoms with Gasteiger partial charge < -0.3 is 0 Å². The van der Waals surface area contributed by atoms with Crippen molar-refractivity contribution in [2.75, 3.05) is 11.2 Å². The fraction of sp³-hybridized carbons (Fsp3) is 0.267. The number of aromatic nitrogens is 3. The lowest BCUT2D eigenvalue weighted by Crippen LogP contribution is -2.32. The molecule has 1 N–H and O–H groups in total. The second-order valence-corrected chi connectivity index (χ2v) is 6.83. The number of amides is 1. The van der Waals surface area contributed by atoms with Crippen LogP contribution >= 0.6 is 22.9 Å². The molecule has 0 atom stereocenters. The number of carbonyl (C=O) groups is 1. The third kappa shape index (κ3) is 3.07. The number of nitrogens with zero attached hydrogens (tertiary/aromatic N) is 3. The molecule has 8 heteroatoms. The molecule has 0 aliphatic heterocycles. The zero-order chi connectivity index (χ0) is 16.6. The summed E-state index contributed by atoms with van der Waals surface area (Å²) in [5, 5.41) is 8.87. The molecule has 1 aromatic carbocycles. The Labute approximate surface area is 141 Å². The lowest BCUT2D eigenvalue weighted by Gasteiger charge is -2.18. The molecule has 23 heavy (non-hydrogen) atoms. The number of carbonyl (C=O) groups excluding carboxylic acids is 1. The zero-order valence-electron chi connectivity index (χ0n) is 12.5. The summed E-state index contributed by atoms with van der Waals surface area (Å²) in [6, 6.07) is 6.13. The Morgan fingerprint density at radius 3 is 2.74 bits per heavy atom. The number of halogens is 2. The van der Waals surface area contributed by atoms with Gasteiger partial charge in [-0.25, -0.2) is 8.91 Å². The molecular weight excluding hydrogens is 339 g/mol. The number of benzene rings is 1. The van der Waals surface area contributed by atoms with E-state index in [1.165, 1.54) is 23.5 Å². The van der Waals surface area contributed by atoms with E-state index in [2.05, 4.69) is 15.4 Å². The molecule has 0 spiro atoms. The Hall–Kier alpha value is -1.99. The molecule has 1 amide bonds. The number of anilines is 1. The number of fused-ring (bicyclic) bond motifs is 1. The van der Waals surface area contributed by atoms with Gasteiger partial charge in [0.1, 0.15) is 5.82 Å². The summed E-state index contributed by atoms with van der Waals surface area (Å²) in [6.07, 6.45) is 0. The molecule has 0 fully saturated rings. The molecule has 0 radical (unpaired) electrons. The monoisotopic (exact) mass is 352 g/mol. The lowest BCUT2D eigenvalue weighted by molar-refractivity contribution is -0.123. The summed E-state index contributed by atoms with van der Waals surface area (Å²) in [5.74, 6) is -0.116. The number of hydrogen-bond acceptors (Lipinski definition) is 4. The molecule has 3 aromatic rings. The third-order valence-electron chi connectivity index (χ3n) is 3.40. The first-order chi connectivity index (χ1) is 10.9. The van der Waals surface area contributed by atoms with Crippen LogP contribution in [-0.2, 0) is 4.79 Å². The fourth-order valence-electron chi connectivity index (χ4n) is 1.88. The molecule has 0 aliphatic carbocycles. The third-order valence-corrected chi connectivity index (χ3v) is 4.88. The Morgan fingerprint density at radius 1 is 1.39 bits per heavy atom. The van der Waals surface area contributed by atoms with Gasteiger partial charge >= 0.3 is 0 Å². The minimum atomic E-state index is -0.708. The summed E-state index contributed by atoms with van der Waals surface area (Å²) in [6.45, 7) is 3.50. The maximum absolute atomic E-state index is 13.0. The molecule has 3 rings (SSSR count). The van der Waals surface area contributed by atoms with Crippen molar-refractivity contribution in [1.29, 1.82) is 0 Å². The van der Waals surface area contributed by atoms with Gasteiger partial charge in [-0.2, -0.15) is 4.98 Å². The van der Waals surface area contributed by atoms with Gasteiger partial charge in [0, 0.05) is 16.8 Å². The molecule has 0 unspecified atom stereocenters. The maximum Gasteiger partial charge on any atom is 0.250 e. The Balaban J connectivity index is 1.92. The van der Waals surface area contributed by atoms with Crippen LogP contribution in [0.1, 0.15) is 13.8 Å². The van der Waals surface area contributed by atoms with E-state index in [0.717, 1.165) is 11.3 Å². The standard InChI is InChI=1S/C15H14ClFN4OS/c1-15(2,8-16)12(22)18-13-19-14-21(20-13)11(7-23-14)9-3-5-10(17)6-4-9/h3-7H,8H2,1-2H3,(H,18,20,22). The van der Waals surface area contributed by atoms with Crippen LogP contribution in [0.15, 0.2) is 29.6 Å². The highest BCUT2D eigenvalue weighted by Gasteiger charge is 2.27. The van der Waals surface area contributed by atoms with Gasteiger partial charge in [-0.1, -0.05) is 0 Å². The van der Waals surface area contributed by atoms with Crippen molar-refractivity contribution in [3.8, 4) is 11.3 Å². The second kappa shape index (κ2) is 5.90. The van der Waals surface area contributed by atoms with Crippen molar-refractivity contribution in [3.63, 3.8) is 0 Å². The highest BCUT2D eigenvalue weighted by atomic mass is 35.5. The number of nitrogens with one attached hydrogen (secondary N) is 1. The Bertz CT molecular complexity index is 856. The van der Waals surface area contributed by atoms with Crippen molar-refractivity contribution in [1.82, 2.24) is 14.6 Å². The second-order valence-electron chi connectivity index (χ2n) is 5.73. The van der Waals surface area contributed by atoms with Crippen LogP contribution < -0.4 is 5.32 Å². The predicted molar refractivity (Wildman–Crippen MR) is 89.4 cm³/mol. The van der Waals surface area contributed by atoms with Crippen molar-refractivity contribution >= 4 is 39.8 Å². The van der Waals surface area contributed by atoms with Crippen LogP contribution in [0.4, 0.5) is 10.3 Å². The minimum absolute atomic E-state index is 0.196. The number of alkyl halides is 1. The topological polar surface area (TPSA) is 59.3 Å². The summed E-state index contributed by atoms with van der Waals surface area (Å²) in [7, 11) is 0. The molecule has 0 aliphatic rings. The van der Waals surface area contributed by atoms with Crippen molar-refractivity contribution < 1.29 is 9.18 Å². The van der Waals surface area contributed by atoms with Crippen LogP contribution in [0.5, 0.6) is 0 Å². The molecule has 0 saturated heterocycles. The Morgan fingerprint density at radius 2 is 2.09 bits per heavy atom. The van der Waals surface area contributed by atoms with Crippen molar-refractivity contribution in [3.05, 3.63) is 35.5 Å². The average Bonchev–Trinajstić information content (AvgIpc) is 3.08. The molecular formula is C15H14ClFN4OS. The van der Waals surface area contributed by atoms with E-state index in [0.29, 0.717) is 4.96 Å². The highest BCUT2D eigenvalue weighted by molar-refractivity contribution is 7.15. The van der Waals surface area contributed by atoms with Crippen LogP contribution in [0.2, 0.25) is 0 Å². The average molecular weight is 353 g/mol. The van der Waals surface area contributed by atoms with Crippen LogP contribution in [0.3, 0.4) is 0 Å². The lowest BCUT2D eigenvalue weighted by atomic mass is 9.95. The molecule has 2 aromatic heterocycles. The summed E-state index contributed by atoms with van der Waals surface area (Å²) in [5.41, 5.74) is 0.899. The van der Waals surface area contributed by atoms with Gasteiger partial charge in [0.15, 0.2) is 0 Å². The first-order valence-corrected chi connectivity index (χ1v) is 8.30. The molecule has 0 bridgehead atoms. The molecule has 5 nitrogen and oxygen atoms in total. The SMILES string of the molecule is CC(C)(CCl)C(=O)Nc1nc2scc(-c3ccc(F)cc3)n2n1. The molecule has 0 saturated carbocycles. The normalized spacial score (nSPS) is 11.8. The largest absolute Gasteiger partial charge is 0.293 e.